The zero-order chi connectivity index (χ0) is 7.68. The summed E-state index contributed by atoms with van der Waals surface area (Å²) < 4.78 is 0. The van der Waals surface area contributed by atoms with Crippen LogP contribution in [-0.2, 0) is 0 Å². The third kappa shape index (κ3) is 1.42. The van der Waals surface area contributed by atoms with Crippen LogP contribution in [0.25, 0.3) is 0 Å². The van der Waals surface area contributed by atoms with Gasteiger partial charge in [-0.2, -0.15) is 0 Å². The lowest BCUT2D eigenvalue weighted by Gasteiger charge is -2.07. The van der Waals surface area contributed by atoms with E-state index < -0.39 is 0 Å². The molecule has 1 radical (unpaired) electrons. The average Bonchev–Trinajstić information content (AvgIpc) is 2.87. The second-order valence-electron chi connectivity index (χ2n) is 3.19. The van der Waals surface area contributed by atoms with Crippen LogP contribution in [0.5, 0.6) is 0 Å². The van der Waals surface area contributed by atoms with E-state index in [9.17, 15) is 0 Å². The molecule has 1 nitrogen and oxygen atoms in total. The summed E-state index contributed by atoms with van der Waals surface area (Å²) in [5.74, 6) is 2.41. The van der Waals surface area contributed by atoms with Gasteiger partial charge in [-0.3, -0.25) is 4.98 Å². The van der Waals surface area contributed by atoms with E-state index in [1.54, 1.807) is 0 Å². The van der Waals surface area contributed by atoms with Gasteiger partial charge in [-0.15, -0.1) is 0 Å². The molecular formula is C10H12N. The van der Waals surface area contributed by atoms with Crippen LogP contribution in [-0.4, -0.2) is 4.98 Å². The second kappa shape index (κ2) is 2.65. The first-order chi connectivity index (χ1) is 5.38. The van der Waals surface area contributed by atoms with Gasteiger partial charge in [0.05, 0.1) is 0 Å². The van der Waals surface area contributed by atoms with Gasteiger partial charge in [-0.1, -0.05) is 6.92 Å². The van der Waals surface area contributed by atoms with Gasteiger partial charge in [0.25, 0.3) is 0 Å². The van der Waals surface area contributed by atoms with Crippen molar-refractivity contribution in [1.82, 2.24) is 4.98 Å². The largest absolute Gasteiger partial charge is 0.265 e. The number of hydrogen-bond acceptors (Lipinski definition) is 1. The molecule has 0 saturated heterocycles. The molecule has 1 aliphatic rings. The molecule has 0 bridgehead atoms. The van der Waals surface area contributed by atoms with Crippen molar-refractivity contribution in [3.05, 3.63) is 36.0 Å². The molecule has 0 N–H and O–H groups in total. The van der Waals surface area contributed by atoms with Crippen LogP contribution in [0.15, 0.2) is 24.5 Å². The molecule has 0 unspecified atom stereocenters. The Morgan fingerprint density at radius 3 is 2.55 bits per heavy atom. The summed E-state index contributed by atoms with van der Waals surface area (Å²) in [4.78, 5) is 3.99. The highest BCUT2D eigenvalue weighted by molar-refractivity contribution is 5.30. The summed E-state index contributed by atoms with van der Waals surface area (Å²) in [6.45, 7) is 2.23. The van der Waals surface area contributed by atoms with Crippen LogP contribution in [0.1, 0.15) is 25.3 Å². The molecule has 0 aromatic carbocycles. The standard InChI is InChI=1S/C10H12N/c1-8(9-2-3-9)10-4-6-11-7-5-10/h4-7,9H,2-3H2,1H3. The lowest BCUT2D eigenvalue weighted by molar-refractivity contribution is 0.874. The molecule has 1 aromatic heterocycles. The number of aromatic nitrogens is 1. The van der Waals surface area contributed by atoms with Gasteiger partial charge < -0.3 is 0 Å². The average molecular weight is 146 g/mol. The van der Waals surface area contributed by atoms with Gasteiger partial charge in [0.2, 0.25) is 0 Å². The van der Waals surface area contributed by atoms with Crippen molar-refractivity contribution in [2.45, 2.75) is 19.8 Å². The molecule has 0 aliphatic heterocycles. The number of pyridine rings is 1. The molecule has 0 spiro atoms. The van der Waals surface area contributed by atoms with Crippen molar-refractivity contribution in [2.75, 3.05) is 0 Å². The Kier molecular flexibility index (Phi) is 1.65. The zero-order valence-electron chi connectivity index (χ0n) is 6.75. The third-order valence-electron chi connectivity index (χ3n) is 2.33. The van der Waals surface area contributed by atoms with Crippen molar-refractivity contribution in [3.63, 3.8) is 0 Å². The molecular weight excluding hydrogens is 134 g/mol. The van der Waals surface area contributed by atoms with E-state index in [0.29, 0.717) is 0 Å². The summed E-state index contributed by atoms with van der Waals surface area (Å²) in [5, 5.41) is 0. The molecule has 1 fully saturated rings. The van der Waals surface area contributed by atoms with Gasteiger partial charge in [-0.05, 0) is 36.5 Å². The summed E-state index contributed by atoms with van der Waals surface area (Å²) in [7, 11) is 0. The fourth-order valence-corrected chi connectivity index (χ4v) is 1.37. The molecule has 11 heavy (non-hydrogen) atoms. The topological polar surface area (TPSA) is 12.9 Å². The number of hydrogen-bond donors (Lipinski definition) is 0. The predicted octanol–water partition coefficient (Wildman–Crippen LogP) is 2.43. The maximum absolute atomic E-state index is 3.99. The fraction of sp³-hybridized carbons (Fsp3) is 0.400. The number of rotatable bonds is 2. The van der Waals surface area contributed by atoms with Gasteiger partial charge in [0, 0.05) is 18.3 Å². The lowest BCUT2D eigenvalue weighted by Crippen LogP contribution is -1.95. The Hall–Kier alpha value is -0.850. The Morgan fingerprint density at radius 1 is 1.36 bits per heavy atom. The van der Waals surface area contributed by atoms with Crippen LogP contribution in [0.2, 0.25) is 0 Å². The van der Waals surface area contributed by atoms with Crippen LogP contribution in [0.4, 0.5) is 0 Å². The monoisotopic (exact) mass is 146 g/mol. The zero-order valence-corrected chi connectivity index (χ0v) is 6.75. The van der Waals surface area contributed by atoms with Gasteiger partial charge >= 0.3 is 0 Å². The van der Waals surface area contributed by atoms with E-state index in [4.69, 9.17) is 0 Å². The predicted molar refractivity (Wildman–Crippen MR) is 45.0 cm³/mol. The second-order valence-corrected chi connectivity index (χ2v) is 3.19. The maximum atomic E-state index is 3.99. The quantitative estimate of drug-likeness (QED) is 0.624. The van der Waals surface area contributed by atoms with Crippen molar-refractivity contribution in [3.8, 4) is 0 Å². The molecule has 1 heteroatoms. The van der Waals surface area contributed by atoms with E-state index in [1.807, 2.05) is 12.4 Å². The maximum Gasteiger partial charge on any atom is 0.0270 e. The van der Waals surface area contributed by atoms with E-state index in [2.05, 4.69) is 24.0 Å². The lowest BCUT2D eigenvalue weighted by atomic mass is 9.98. The fourth-order valence-electron chi connectivity index (χ4n) is 1.37. The van der Waals surface area contributed by atoms with Gasteiger partial charge in [0.15, 0.2) is 0 Å². The van der Waals surface area contributed by atoms with Crippen LogP contribution in [0, 0.1) is 11.8 Å². The highest BCUT2D eigenvalue weighted by Crippen LogP contribution is 2.41. The Balaban J connectivity index is 2.15. The Bertz CT molecular complexity index is 226. The first-order valence-electron chi connectivity index (χ1n) is 4.12. The van der Waals surface area contributed by atoms with Crippen molar-refractivity contribution in [2.24, 2.45) is 5.92 Å². The molecule has 1 aliphatic carbocycles. The minimum atomic E-state index is 0.873. The normalized spacial score (nSPS) is 17.3. The first kappa shape index (κ1) is 6.84. The minimum Gasteiger partial charge on any atom is -0.265 e. The van der Waals surface area contributed by atoms with E-state index in [0.717, 1.165) is 5.92 Å². The highest BCUT2D eigenvalue weighted by atomic mass is 14.6. The van der Waals surface area contributed by atoms with Gasteiger partial charge in [-0.25, -0.2) is 0 Å². The summed E-state index contributed by atoms with van der Waals surface area (Å²) in [6, 6.07) is 4.18. The SMILES string of the molecule is C[C](c1ccncc1)C1CC1. The van der Waals surface area contributed by atoms with E-state index in [1.165, 1.54) is 24.3 Å². The van der Waals surface area contributed by atoms with E-state index in [-0.39, 0.29) is 0 Å². The first-order valence-corrected chi connectivity index (χ1v) is 4.12. The smallest absolute Gasteiger partial charge is 0.0270 e. The van der Waals surface area contributed by atoms with Crippen LogP contribution >= 0.6 is 0 Å². The van der Waals surface area contributed by atoms with Crippen molar-refractivity contribution in [1.29, 1.82) is 0 Å². The Labute approximate surface area is 67.5 Å². The summed E-state index contributed by atoms with van der Waals surface area (Å²) in [5.41, 5.74) is 1.36. The molecule has 1 heterocycles. The summed E-state index contributed by atoms with van der Waals surface area (Å²) >= 11 is 0. The van der Waals surface area contributed by atoms with Crippen LogP contribution < -0.4 is 0 Å². The highest BCUT2D eigenvalue weighted by Gasteiger charge is 2.29. The molecule has 0 amide bonds. The van der Waals surface area contributed by atoms with Crippen molar-refractivity contribution < 1.29 is 0 Å². The third-order valence-corrected chi connectivity index (χ3v) is 2.33. The molecule has 1 aromatic rings. The molecule has 1 saturated carbocycles. The molecule has 0 atom stereocenters. The number of nitrogens with zero attached hydrogens (tertiary/aromatic N) is 1. The molecule has 2 rings (SSSR count). The summed E-state index contributed by atoms with van der Waals surface area (Å²) in [6.07, 6.45) is 6.49. The Morgan fingerprint density at radius 2 is 2.00 bits per heavy atom. The van der Waals surface area contributed by atoms with Crippen molar-refractivity contribution >= 4 is 0 Å². The minimum absolute atomic E-state index is 0.873. The molecule has 57 valence electrons. The van der Waals surface area contributed by atoms with E-state index >= 15 is 0 Å². The van der Waals surface area contributed by atoms with Gasteiger partial charge in [0.1, 0.15) is 0 Å². The van der Waals surface area contributed by atoms with Crippen LogP contribution in [0.3, 0.4) is 0 Å².